The van der Waals surface area contributed by atoms with Gasteiger partial charge in [-0.15, -0.1) is 0 Å². The van der Waals surface area contributed by atoms with Crippen LogP contribution in [0, 0.1) is 0 Å². The third-order valence-corrected chi connectivity index (χ3v) is 2.79. The van der Waals surface area contributed by atoms with Crippen LogP contribution in [-0.2, 0) is 0 Å². The van der Waals surface area contributed by atoms with Crippen LogP contribution in [0.4, 0.5) is 0 Å². The first-order valence-electron chi connectivity index (χ1n) is 4.54. The largest absolute Gasteiger partial charge is 0.444 e. The van der Waals surface area contributed by atoms with Crippen LogP contribution in [0.5, 0.6) is 0 Å². The van der Waals surface area contributed by atoms with E-state index >= 15 is 0 Å². The Hall–Kier alpha value is -1.26. The summed E-state index contributed by atoms with van der Waals surface area (Å²) in [5.41, 5.74) is 1.40. The van der Waals surface area contributed by atoms with Crippen LogP contribution < -0.4 is 0 Å². The Balaban J connectivity index is 2.18. The predicted molar refractivity (Wildman–Crippen MR) is 64.4 cm³/mol. The fourth-order valence-electron chi connectivity index (χ4n) is 1.44. The Bertz CT molecular complexity index is 659. The summed E-state index contributed by atoms with van der Waals surface area (Å²) in [5, 5.41) is 0.632. The minimum Gasteiger partial charge on any atom is -0.444 e. The SMILES string of the molecule is Clc1ccc2oc(-c3ccc(Br)o3)nc2c1. The fourth-order valence-corrected chi connectivity index (χ4v) is 1.91. The van der Waals surface area contributed by atoms with Crippen molar-refractivity contribution >= 4 is 38.6 Å². The van der Waals surface area contributed by atoms with Crippen LogP contribution >= 0.6 is 27.5 Å². The van der Waals surface area contributed by atoms with Gasteiger partial charge in [0.2, 0.25) is 0 Å². The quantitative estimate of drug-likeness (QED) is 0.664. The van der Waals surface area contributed by atoms with Crippen molar-refractivity contribution in [2.45, 2.75) is 0 Å². The van der Waals surface area contributed by atoms with Crippen LogP contribution in [0.1, 0.15) is 0 Å². The zero-order valence-electron chi connectivity index (χ0n) is 7.91. The molecular weight excluding hydrogens is 293 g/mol. The van der Waals surface area contributed by atoms with Gasteiger partial charge in [-0.2, -0.15) is 0 Å². The highest BCUT2D eigenvalue weighted by Gasteiger charge is 2.11. The number of hydrogen-bond donors (Lipinski definition) is 0. The van der Waals surface area contributed by atoms with E-state index in [9.17, 15) is 0 Å². The molecule has 0 aliphatic rings. The Morgan fingerprint density at radius 1 is 1.12 bits per heavy atom. The second kappa shape index (κ2) is 3.64. The molecule has 1 aromatic carbocycles. The molecule has 3 rings (SSSR count). The average Bonchev–Trinajstić information content (AvgIpc) is 2.83. The summed E-state index contributed by atoms with van der Waals surface area (Å²) in [7, 11) is 0. The topological polar surface area (TPSA) is 39.2 Å². The molecule has 0 aliphatic carbocycles. The van der Waals surface area contributed by atoms with Crippen molar-refractivity contribution in [2.75, 3.05) is 0 Å². The van der Waals surface area contributed by atoms with E-state index in [-0.39, 0.29) is 0 Å². The zero-order chi connectivity index (χ0) is 11.1. The first-order chi connectivity index (χ1) is 7.72. The molecule has 5 heteroatoms. The number of aromatic nitrogens is 1. The molecule has 0 atom stereocenters. The van der Waals surface area contributed by atoms with E-state index in [0.29, 0.717) is 26.9 Å². The average molecular weight is 299 g/mol. The highest BCUT2D eigenvalue weighted by molar-refractivity contribution is 9.10. The second-order valence-electron chi connectivity index (χ2n) is 3.23. The Morgan fingerprint density at radius 2 is 2.00 bits per heavy atom. The normalized spacial score (nSPS) is 11.1. The van der Waals surface area contributed by atoms with Gasteiger partial charge in [-0.3, -0.25) is 0 Å². The summed E-state index contributed by atoms with van der Waals surface area (Å²) in [6.07, 6.45) is 0. The molecule has 2 heterocycles. The second-order valence-corrected chi connectivity index (χ2v) is 4.45. The maximum absolute atomic E-state index is 5.87. The number of halogens is 2. The van der Waals surface area contributed by atoms with Crippen molar-refractivity contribution < 1.29 is 8.83 Å². The zero-order valence-corrected chi connectivity index (χ0v) is 10.2. The summed E-state index contributed by atoms with van der Waals surface area (Å²) < 4.78 is 11.5. The molecule has 0 aliphatic heterocycles. The lowest BCUT2D eigenvalue weighted by molar-refractivity contribution is 0.518. The minimum absolute atomic E-state index is 0.447. The number of benzene rings is 1. The van der Waals surface area contributed by atoms with Crippen LogP contribution in [0.3, 0.4) is 0 Å². The van der Waals surface area contributed by atoms with E-state index in [1.54, 1.807) is 30.3 Å². The molecule has 2 aromatic heterocycles. The molecule has 16 heavy (non-hydrogen) atoms. The maximum Gasteiger partial charge on any atom is 0.263 e. The van der Waals surface area contributed by atoms with Crippen molar-refractivity contribution in [2.24, 2.45) is 0 Å². The summed E-state index contributed by atoms with van der Waals surface area (Å²) >= 11 is 9.09. The molecule has 0 saturated heterocycles. The molecular formula is C11H5BrClNO2. The fraction of sp³-hybridized carbons (Fsp3) is 0. The first kappa shape index (κ1) is 9.93. The van der Waals surface area contributed by atoms with Gasteiger partial charge in [0.25, 0.3) is 5.89 Å². The van der Waals surface area contributed by atoms with Crippen LogP contribution in [-0.4, -0.2) is 4.98 Å². The highest BCUT2D eigenvalue weighted by atomic mass is 79.9. The van der Waals surface area contributed by atoms with E-state index < -0.39 is 0 Å². The number of fused-ring (bicyclic) bond motifs is 1. The van der Waals surface area contributed by atoms with Crippen LogP contribution in [0.15, 0.2) is 43.8 Å². The van der Waals surface area contributed by atoms with E-state index in [1.807, 2.05) is 0 Å². The van der Waals surface area contributed by atoms with E-state index in [0.717, 1.165) is 5.52 Å². The summed E-state index contributed by atoms with van der Waals surface area (Å²) in [6.45, 7) is 0. The predicted octanol–water partition coefficient (Wildman–Crippen LogP) is 4.50. The third kappa shape index (κ3) is 1.64. The van der Waals surface area contributed by atoms with Gasteiger partial charge in [-0.25, -0.2) is 4.98 Å². The molecule has 0 saturated carbocycles. The van der Waals surface area contributed by atoms with E-state index in [4.69, 9.17) is 20.4 Å². The van der Waals surface area contributed by atoms with Crippen molar-refractivity contribution in [3.8, 4) is 11.7 Å². The summed E-state index contributed by atoms with van der Waals surface area (Å²) in [4.78, 5) is 4.29. The minimum atomic E-state index is 0.447. The first-order valence-corrected chi connectivity index (χ1v) is 5.71. The van der Waals surface area contributed by atoms with Gasteiger partial charge >= 0.3 is 0 Å². The monoisotopic (exact) mass is 297 g/mol. The molecule has 3 nitrogen and oxygen atoms in total. The lowest BCUT2D eigenvalue weighted by Crippen LogP contribution is -1.71. The van der Waals surface area contributed by atoms with E-state index in [2.05, 4.69) is 20.9 Å². The van der Waals surface area contributed by atoms with Gasteiger partial charge in [0.05, 0.1) is 0 Å². The van der Waals surface area contributed by atoms with Crippen LogP contribution in [0.25, 0.3) is 22.8 Å². The van der Waals surface area contributed by atoms with Crippen molar-refractivity contribution in [1.82, 2.24) is 4.98 Å². The van der Waals surface area contributed by atoms with Gasteiger partial charge in [-0.05, 0) is 46.3 Å². The number of rotatable bonds is 1. The molecule has 0 amide bonds. The van der Waals surface area contributed by atoms with Gasteiger partial charge < -0.3 is 8.83 Å². The summed E-state index contributed by atoms with van der Waals surface area (Å²) in [6, 6.07) is 8.87. The van der Waals surface area contributed by atoms with Gasteiger partial charge in [0, 0.05) is 5.02 Å². The lowest BCUT2D eigenvalue weighted by atomic mass is 10.3. The number of nitrogens with zero attached hydrogens (tertiary/aromatic N) is 1. The Labute approximate surface area is 104 Å². The number of oxazole rings is 1. The van der Waals surface area contributed by atoms with Crippen LogP contribution in [0.2, 0.25) is 5.02 Å². The Morgan fingerprint density at radius 3 is 2.75 bits per heavy atom. The lowest BCUT2D eigenvalue weighted by Gasteiger charge is -1.86. The maximum atomic E-state index is 5.87. The molecule has 80 valence electrons. The van der Waals surface area contributed by atoms with Crippen molar-refractivity contribution in [3.05, 3.63) is 40.0 Å². The van der Waals surface area contributed by atoms with Gasteiger partial charge in [-0.1, -0.05) is 11.6 Å². The summed E-state index contributed by atoms with van der Waals surface area (Å²) in [5.74, 6) is 1.03. The number of hydrogen-bond acceptors (Lipinski definition) is 3. The Kier molecular flexibility index (Phi) is 2.26. The molecule has 0 bridgehead atoms. The van der Waals surface area contributed by atoms with Gasteiger partial charge in [0.15, 0.2) is 16.0 Å². The third-order valence-electron chi connectivity index (χ3n) is 2.13. The van der Waals surface area contributed by atoms with Crippen molar-refractivity contribution in [1.29, 1.82) is 0 Å². The van der Waals surface area contributed by atoms with Crippen molar-refractivity contribution in [3.63, 3.8) is 0 Å². The molecule has 0 fully saturated rings. The smallest absolute Gasteiger partial charge is 0.263 e. The van der Waals surface area contributed by atoms with Gasteiger partial charge in [0.1, 0.15) is 5.52 Å². The molecule has 0 spiro atoms. The molecule has 3 aromatic rings. The molecule has 0 N–H and O–H groups in total. The standard InChI is InChI=1S/C11H5BrClNO2/c12-10-4-3-9(15-10)11-14-7-5-6(13)1-2-8(7)16-11/h1-5H. The van der Waals surface area contributed by atoms with E-state index in [1.165, 1.54) is 0 Å². The molecule has 0 unspecified atom stereocenters. The molecule has 0 radical (unpaired) electrons. The highest BCUT2D eigenvalue weighted by Crippen LogP contribution is 2.28. The number of furan rings is 1.